The zero-order valence-electron chi connectivity index (χ0n) is 9.28. The van der Waals surface area contributed by atoms with Crippen LogP contribution in [0.15, 0.2) is 54.9 Å². The zero-order valence-corrected chi connectivity index (χ0v) is 9.28. The molecule has 1 heterocycles. The molecule has 3 nitrogen and oxygen atoms in total. The fourth-order valence-corrected chi connectivity index (χ4v) is 1.79. The van der Waals surface area contributed by atoms with Crippen LogP contribution < -0.4 is 0 Å². The van der Waals surface area contributed by atoms with Gasteiger partial charge in [0.1, 0.15) is 0 Å². The standard InChI is InChI=1S/C14H13NO2/c16-14(17)13(12-4-2-1-3-5-12)10-11-6-8-15-9-7-11/h1-9,13H,10H2,(H,16,17)/t13-/m1/s1. The van der Waals surface area contributed by atoms with Crippen molar-refractivity contribution in [2.24, 2.45) is 0 Å². The first-order valence-electron chi connectivity index (χ1n) is 5.44. The largest absolute Gasteiger partial charge is 0.481 e. The molecule has 1 atom stereocenters. The highest BCUT2D eigenvalue weighted by Crippen LogP contribution is 2.20. The summed E-state index contributed by atoms with van der Waals surface area (Å²) in [5.74, 6) is -1.30. The molecule has 1 aromatic carbocycles. The summed E-state index contributed by atoms with van der Waals surface area (Å²) in [5, 5.41) is 9.27. The molecule has 17 heavy (non-hydrogen) atoms. The fraction of sp³-hybridized carbons (Fsp3) is 0.143. The third-order valence-electron chi connectivity index (χ3n) is 2.69. The molecule has 86 valence electrons. The highest BCUT2D eigenvalue weighted by Gasteiger charge is 2.19. The Labute approximate surface area is 99.8 Å². The Morgan fingerprint density at radius 2 is 1.76 bits per heavy atom. The molecule has 0 fully saturated rings. The van der Waals surface area contributed by atoms with Gasteiger partial charge in [0.15, 0.2) is 0 Å². The summed E-state index contributed by atoms with van der Waals surface area (Å²) < 4.78 is 0. The second-order valence-electron chi connectivity index (χ2n) is 3.86. The normalized spacial score (nSPS) is 12.0. The molecule has 0 unspecified atom stereocenters. The molecule has 0 saturated carbocycles. The third kappa shape index (κ3) is 2.91. The summed E-state index contributed by atoms with van der Waals surface area (Å²) in [6, 6.07) is 13.0. The van der Waals surface area contributed by atoms with Crippen molar-refractivity contribution in [1.82, 2.24) is 4.98 Å². The van der Waals surface area contributed by atoms with E-state index >= 15 is 0 Å². The fourth-order valence-electron chi connectivity index (χ4n) is 1.79. The Hall–Kier alpha value is -2.16. The van der Waals surface area contributed by atoms with Crippen molar-refractivity contribution >= 4 is 5.97 Å². The maximum atomic E-state index is 11.3. The molecule has 2 aromatic rings. The van der Waals surface area contributed by atoms with Gasteiger partial charge in [0, 0.05) is 12.4 Å². The molecule has 0 bridgehead atoms. The van der Waals surface area contributed by atoms with E-state index in [4.69, 9.17) is 0 Å². The van der Waals surface area contributed by atoms with Crippen molar-refractivity contribution in [3.63, 3.8) is 0 Å². The van der Waals surface area contributed by atoms with Gasteiger partial charge in [-0.1, -0.05) is 30.3 Å². The molecular formula is C14H13NO2. The van der Waals surface area contributed by atoms with Gasteiger partial charge in [-0.05, 0) is 29.7 Å². The van der Waals surface area contributed by atoms with Gasteiger partial charge in [-0.2, -0.15) is 0 Å². The molecule has 0 saturated heterocycles. The summed E-state index contributed by atoms with van der Waals surface area (Å²) in [7, 11) is 0. The predicted octanol–water partition coefficient (Wildman–Crippen LogP) is 2.49. The van der Waals surface area contributed by atoms with Crippen molar-refractivity contribution in [1.29, 1.82) is 0 Å². The molecule has 1 aromatic heterocycles. The molecule has 0 amide bonds. The van der Waals surface area contributed by atoms with Crippen LogP contribution in [0, 0.1) is 0 Å². The van der Waals surface area contributed by atoms with Gasteiger partial charge in [-0.25, -0.2) is 0 Å². The molecule has 0 radical (unpaired) electrons. The number of benzene rings is 1. The van der Waals surface area contributed by atoms with Gasteiger partial charge in [0.25, 0.3) is 0 Å². The number of rotatable bonds is 4. The number of carboxylic acid groups (broad SMARTS) is 1. The zero-order chi connectivity index (χ0) is 12.1. The Kier molecular flexibility index (Phi) is 3.50. The Morgan fingerprint density at radius 1 is 1.12 bits per heavy atom. The molecule has 0 aliphatic rings. The Bertz CT molecular complexity index is 482. The van der Waals surface area contributed by atoms with Crippen LogP contribution in [0.1, 0.15) is 17.0 Å². The van der Waals surface area contributed by atoms with Crippen LogP contribution in [0.4, 0.5) is 0 Å². The number of nitrogens with zero attached hydrogens (tertiary/aromatic N) is 1. The van der Waals surface area contributed by atoms with Gasteiger partial charge in [-0.15, -0.1) is 0 Å². The maximum absolute atomic E-state index is 11.3. The van der Waals surface area contributed by atoms with Gasteiger partial charge >= 0.3 is 5.97 Å². The van der Waals surface area contributed by atoms with E-state index in [0.717, 1.165) is 11.1 Å². The third-order valence-corrected chi connectivity index (χ3v) is 2.69. The van der Waals surface area contributed by atoms with Crippen molar-refractivity contribution < 1.29 is 9.90 Å². The molecule has 1 N–H and O–H groups in total. The summed E-state index contributed by atoms with van der Waals surface area (Å²) in [6.45, 7) is 0. The van der Waals surface area contributed by atoms with Crippen molar-refractivity contribution in [3.05, 3.63) is 66.0 Å². The van der Waals surface area contributed by atoms with Gasteiger partial charge in [0.05, 0.1) is 5.92 Å². The monoisotopic (exact) mass is 227 g/mol. The van der Waals surface area contributed by atoms with E-state index in [-0.39, 0.29) is 0 Å². The summed E-state index contributed by atoms with van der Waals surface area (Å²) in [4.78, 5) is 15.2. The van der Waals surface area contributed by atoms with Gasteiger partial charge < -0.3 is 5.11 Å². The summed E-state index contributed by atoms with van der Waals surface area (Å²) >= 11 is 0. The lowest BCUT2D eigenvalue weighted by molar-refractivity contribution is -0.138. The minimum atomic E-state index is -0.798. The van der Waals surface area contributed by atoms with E-state index in [9.17, 15) is 9.90 Å². The predicted molar refractivity (Wildman–Crippen MR) is 64.8 cm³/mol. The average Bonchev–Trinajstić information content (AvgIpc) is 2.38. The number of hydrogen-bond acceptors (Lipinski definition) is 2. The first kappa shape index (κ1) is 11.3. The lowest BCUT2D eigenvalue weighted by Gasteiger charge is -2.12. The lowest BCUT2D eigenvalue weighted by atomic mass is 9.92. The summed E-state index contributed by atoms with van der Waals surface area (Å²) in [6.07, 6.45) is 3.85. The van der Waals surface area contributed by atoms with Crippen LogP contribution >= 0.6 is 0 Å². The lowest BCUT2D eigenvalue weighted by Crippen LogP contribution is -2.14. The number of carboxylic acids is 1. The number of pyridine rings is 1. The molecule has 0 spiro atoms. The van der Waals surface area contributed by atoms with Crippen LogP contribution in [0.2, 0.25) is 0 Å². The first-order chi connectivity index (χ1) is 8.27. The van der Waals surface area contributed by atoms with Crippen molar-refractivity contribution in [2.75, 3.05) is 0 Å². The van der Waals surface area contributed by atoms with Gasteiger partial charge in [-0.3, -0.25) is 9.78 Å². The quantitative estimate of drug-likeness (QED) is 0.873. The molecule has 0 aliphatic heterocycles. The number of aromatic nitrogens is 1. The van der Waals surface area contributed by atoms with Crippen LogP contribution in [-0.2, 0) is 11.2 Å². The topological polar surface area (TPSA) is 50.2 Å². The van der Waals surface area contributed by atoms with E-state index in [1.807, 2.05) is 42.5 Å². The number of carbonyl (C=O) groups is 1. The minimum absolute atomic E-state index is 0.488. The minimum Gasteiger partial charge on any atom is -0.481 e. The second kappa shape index (κ2) is 5.25. The summed E-state index contributed by atoms with van der Waals surface area (Å²) in [5.41, 5.74) is 1.81. The van der Waals surface area contributed by atoms with E-state index in [0.29, 0.717) is 6.42 Å². The number of aliphatic carboxylic acids is 1. The molecule has 3 heteroatoms. The van der Waals surface area contributed by atoms with E-state index in [1.165, 1.54) is 0 Å². The van der Waals surface area contributed by atoms with Crippen LogP contribution in [0.3, 0.4) is 0 Å². The molecule has 0 aliphatic carbocycles. The van der Waals surface area contributed by atoms with E-state index in [2.05, 4.69) is 4.98 Å². The van der Waals surface area contributed by atoms with E-state index in [1.54, 1.807) is 12.4 Å². The molecular weight excluding hydrogens is 214 g/mol. The molecule has 2 rings (SSSR count). The van der Waals surface area contributed by atoms with Gasteiger partial charge in [0.2, 0.25) is 0 Å². The smallest absolute Gasteiger partial charge is 0.311 e. The average molecular weight is 227 g/mol. The van der Waals surface area contributed by atoms with Crippen LogP contribution in [0.5, 0.6) is 0 Å². The maximum Gasteiger partial charge on any atom is 0.311 e. The van der Waals surface area contributed by atoms with Crippen LogP contribution in [-0.4, -0.2) is 16.1 Å². The van der Waals surface area contributed by atoms with E-state index < -0.39 is 11.9 Å². The highest BCUT2D eigenvalue weighted by molar-refractivity contribution is 5.76. The number of hydrogen-bond donors (Lipinski definition) is 1. The highest BCUT2D eigenvalue weighted by atomic mass is 16.4. The van der Waals surface area contributed by atoms with Crippen molar-refractivity contribution in [2.45, 2.75) is 12.3 Å². The van der Waals surface area contributed by atoms with Crippen LogP contribution in [0.25, 0.3) is 0 Å². The SMILES string of the molecule is O=C(O)[C@H](Cc1ccncc1)c1ccccc1. The second-order valence-corrected chi connectivity index (χ2v) is 3.86. The Morgan fingerprint density at radius 3 is 2.35 bits per heavy atom. The van der Waals surface area contributed by atoms with Crippen molar-refractivity contribution in [3.8, 4) is 0 Å². The first-order valence-corrected chi connectivity index (χ1v) is 5.44. The Balaban J connectivity index is 2.23.